The predicted molar refractivity (Wildman–Crippen MR) is 169 cm³/mol. The van der Waals surface area contributed by atoms with E-state index in [0.717, 1.165) is 11.1 Å². The Bertz CT molecular complexity index is 1370. The summed E-state index contributed by atoms with van der Waals surface area (Å²) >= 11 is 0. The summed E-state index contributed by atoms with van der Waals surface area (Å²) < 4.78 is 9.68. The lowest BCUT2D eigenvalue weighted by atomic mass is 9.93. The van der Waals surface area contributed by atoms with Crippen molar-refractivity contribution < 1.29 is 28.7 Å². The van der Waals surface area contributed by atoms with Crippen LogP contribution in [0.4, 0.5) is 0 Å². The standard InChI is InChI=1S/2C18H19NO3/c2*1-13(14-9-5-3-6-10-14)16(18(21)22-2)19-17(20)15-11-7-4-8-12-15/h2*3-13,16H,1-2H3,(H,19,20)/t2*13-,16+/m10/s1. The average molecular weight is 595 g/mol. The molecule has 0 aromatic heterocycles. The van der Waals surface area contributed by atoms with Gasteiger partial charge in [-0.3, -0.25) is 9.59 Å². The first-order chi connectivity index (χ1) is 21.3. The van der Waals surface area contributed by atoms with Gasteiger partial charge in [0, 0.05) is 23.0 Å². The lowest BCUT2D eigenvalue weighted by Crippen LogP contribution is -2.44. The third-order valence-electron chi connectivity index (χ3n) is 7.21. The van der Waals surface area contributed by atoms with Gasteiger partial charge in [-0.15, -0.1) is 0 Å². The molecule has 2 amide bonds. The van der Waals surface area contributed by atoms with Crippen molar-refractivity contribution in [2.24, 2.45) is 0 Å². The van der Waals surface area contributed by atoms with Crippen molar-refractivity contribution in [1.82, 2.24) is 10.6 Å². The lowest BCUT2D eigenvalue weighted by Gasteiger charge is -2.23. The van der Waals surface area contributed by atoms with Crippen molar-refractivity contribution in [1.29, 1.82) is 0 Å². The SMILES string of the molecule is COC(=O)[C@@H](NC(=O)c1ccccc1)[C@H](C)c1ccccc1.COC(=O)[C@H](NC(=O)c1ccccc1)[C@@H](C)c1ccccc1. The van der Waals surface area contributed by atoms with Crippen LogP contribution in [0.2, 0.25) is 0 Å². The number of rotatable bonds is 10. The minimum absolute atomic E-state index is 0.193. The first kappa shape index (κ1) is 33.3. The number of amides is 2. The molecule has 0 aliphatic heterocycles. The van der Waals surface area contributed by atoms with Gasteiger partial charge in [-0.2, -0.15) is 0 Å². The molecule has 44 heavy (non-hydrogen) atoms. The van der Waals surface area contributed by atoms with E-state index in [1.165, 1.54) is 14.2 Å². The molecule has 8 nitrogen and oxygen atoms in total. The molecule has 0 spiro atoms. The molecule has 4 aromatic rings. The maximum atomic E-state index is 12.3. The lowest BCUT2D eigenvalue weighted by molar-refractivity contribution is -0.144. The smallest absolute Gasteiger partial charge is 0.328 e. The van der Waals surface area contributed by atoms with Crippen molar-refractivity contribution in [3.63, 3.8) is 0 Å². The molecule has 8 heteroatoms. The van der Waals surface area contributed by atoms with E-state index < -0.39 is 24.0 Å². The van der Waals surface area contributed by atoms with Gasteiger partial charge >= 0.3 is 11.9 Å². The van der Waals surface area contributed by atoms with Crippen LogP contribution in [0.15, 0.2) is 121 Å². The predicted octanol–water partition coefficient (Wildman–Crippen LogP) is 5.52. The van der Waals surface area contributed by atoms with E-state index >= 15 is 0 Å². The van der Waals surface area contributed by atoms with Crippen LogP contribution in [0, 0.1) is 0 Å². The first-order valence-corrected chi connectivity index (χ1v) is 14.2. The van der Waals surface area contributed by atoms with Gasteiger partial charge in [0.05, 0.1) is 14.2 Å². The Balaban J connectivity index is 0.000000240. The molecule has 0 aliphatic carbocycles. The fourth-order valence-corrected chi connectivity index (χ4v) is 4.56. The zero-order chi connectivity index (χ0) is 31.9. The Morgan fingerprint density at radius 2 is 0.750 bits per heavy atom. The van der Waals surface area contributed by atoms with Gasteiger partial charge in [0.2, 0.25) is 0 Å². The molecule has 4 aromatic carbocycles. The Labute approximate surface area is 258 Å². The van der Waals surface area contributed by atoms with Crippen LogP contribution < -0.4 is 10.6 Å². The highest BCUT2D eigenvalue weighted by Crippen LogP contribution is 2.21. The molecule has 2 N–H and O–H groups in total. The molecule has 0 heterocycles. The number of nitrogens with one attached hydrogen (secondary N) is 2. The number of ether oxygens (including phenoxy) is 2. The van der Waals surface area contributed by atoms with Crippen LogP contribution in [-0.2, 0) is 19.1 Å². The first-order valence-electron chi connectivity index (χ1n) is 14.2. The highest BCUT2D eigenvalue weighted by atomic mass is 16.5. The summed E-state index contributed by atoms with van der Waals surface area (Å²) in [5.41, 5.74) is 2.95. The minimum Gasteiger partial charge on any atom is -0.467 e. The van der Waals surface area contributed by atoms with Crippen LogP contribution >= 0.6 is 0 Å². The van der Waals surface area contributed by atoms with Gasteiger partial charge in [-0.05, 0) is 35.4 Å². The van der Waals surface area contributed by atoms with Gasteiger partial charge in [0.15, 0.2) is 0 Å². The molecule has 0 unspecified atom stereocenters. The van der Waals surface area contributed by atoms with E-state index in [0.29, 0.717) is 11.1 Å². The Hall–Kier alpha value is -5.24. The molecule has 0 fully saturated rings. The zero-order valence-corrected chi connectivity index (χ0v) is 25.3. The van der Waals surface area contributed by atoms with Gasteiger partial charge < -0.3 is 20.1 Å². The van der Waals surface area contributed by atoms with Crippen LogP contribution in [-0.4, -0.2) is 50.1 Å². The molecule has 0 saturated heterocycles. The van der Waals surface area contributed by atoms with Gasteiger partial charge in [-0.25, -0.2) is 9.59 Å². The monoisotopic (exact) mass is 594 g/mol. The number of methoxy groups -OCH3 is 2. The molecular formula is C36H38N2O6. The van der Waals surface area contributed by atoms with Crippen molar-refractivity contribution in [2.45, 2.75) is 37.8 Å². The summed E-state index contributed by atoms with van der Waals surface area (Å²) in [4.78, 5) is 48.7. The Kier molecular flexibility index (Phi) is 12.9. The third-order valence-corrected chi connectivity index (χ3v) is 7.21. The van der Waals surface area contributed by atoms with E-state index in [9.17, 15) is 19.2 Å². The summed E-state index contributed by atoms with van der Waals surface area (Å²) in [6, 6.07) is 35.3. The molecule has 0 bridgehead atoms. The minimum atomic E-state index is -0.736. The van der Waals surface area contributed by atoms with E-state index in [-0.39, 0.29) is 23.7 Å². The summed E-state index contributed by atoms with van der Waals surface area (Å²) in [7, 11) is 2.64. The molecule has 228 valence electrons. The second kappa shape index (κ2) is 17.0. The largest absolute Gasteiger partial charge is 0.467 e. The van der Waals surface area contributed by atoms with E-state index in [1.54, 1.807) is 48.5 Å². The second-order valence-corrected chi connectivity index (χ2v) is 10.1. The normalized spacial score (nSPS) is 13.0. The molecule has 4 rings (SSSR count). The van der Waals surface area contributed by atoms with Crippen molar-refractivity contribution in [3.05, 3.63) is 144 Å². The quantitative estimate of drug-likeness (QED) is 0.234. The van der Waals surface area contributed by atoms with E-state index in [2.05, 4.69) is 10.6 Å². The summed E-state index contributed by atoms with van der Waals surface area (Å²) in [5, 5.41) is 5.54. The fraction of sp³-hybridized carbons (Fsp3) is 0.222. The van der Waals surface area contributed by atoms with Gasteiger partial charge in [-0.1, -0.05) is 111 Å². The number of carbonyl (C=O) groups is 4. The Morgan fingerprint density at radius 1 is 0.477 bits per heavy atom. The van der Waals surface area contributed by atoms with Crippen molar-refractivity contribution in [3.8, 4) is 0 Å². The zero-order valence-electron chi connectivity index (χ0n) is 25.3. The highest BCUT2D eigenvalue weighted by Gasteiger charge is 2.30. The third kappa shape index (κ3) is 9.39. The summed E-state index contributed by atoms with van der Waals surface area (Å²) in [5.74, 6) is -1.89. The van der Waals surface area contributed by atoms with Gasteiger partial charge in [0.25, 0.3) is 11.8 Å². The van der Waals surface area contributed by atoms with Crippen LogP contribution in [0.1, 0.15) is 57.5 Å². The topological polar surface area (TPSA) is 111 Å². The fourth-order valence-electron chi connectivity index (χ4n) is 4.56. The van der Waals surface area contributed by atoms with Crippen molar-refractivity contribution >= 4 is 23.8 Å². The second-order valence-electron chi connectivity index (χ2n) is 10.1. The number of carbonyl (C=O) groups excluding carboxylic acids is 4. The van der Waals surface area contributed by atoms with Crippen LogP contribution in [0.3, 0.4) is 0 Å². The molecule has 0 saturated carbocycles. The van der Waals surface area contributed by atoms with Crippen molar-refractivity contribution in [2.75, 3.05) is 14.2 Å². The Morgan fingerprint density at radius 3 is 1.02 bits per heavy atom. The number of esters is 2. The molecule has 0 aliphatic rings. The number of hydrogen-bond donors (Lipinski definition) is 2. The summed E-state index contributed by atoms with van der Waals surface area (Å²) in [6.07, 6.45) is 0. The van der Waals surface area contributed by atoms with E-state index in [1.807, 2.05) is 86.6 Å². The number of benzene rings is 4. The van der Waals surface area contributed by atoms with Gasteiger partial charge in [0.1, 0.15) is 12.1 Å². The highest BCUT2D eigenvalue weighted by molar-refractivity contribution is 5.97. The molecule has 0 radical (unpaired) electrons. The summed E-state index contributed by atoms with van der Waals surface area (Å²) in [6.45, 7) is 3.78. The molecule has 4 atom stereocenters. The van der Waals surface area contributed by atoms with Crippen LogP contribution in [0.5, 0.6) is 0 Å². The van der Waals surface area contributed by atoms with Crippen LogP contribution in [0.25, 0.3) is 0 Å². The molecular weight excluding hydrogens is 556 g/mol. The maximum absolute atomic E-state index is 12.3. The number of hydrogen-bond acceptors (Lipinski definition) is 6. The van der Waals surface area contributed by atoms with E-state index in [4.69, 9.17) is 9.47 Å². The maximum Gasteiger partial charge on any atom is 0.328 e. The average Bonchev–Trinajstić information content (AvgIpc) is 3.09.